The maximum atomic E-state index is 12.7. The first-order valence-corrected chi connectivity index (χ1v) is 9.61. The number of ether oxygens (including phenoxy) is 2. The third-order valence-corrected chi connectivity index (χ3v) is 6.32. The molecular weight excluding hydrogens is 385 g/mol. The Hall–Kier alpha value is -1.47. The minimum absolute atomic E-state index is 0.00326. The second-order valence-electron chi connectivity index (χ2n) is 5.34. The highest BCUT2D eigenvalue weighted by Gasteiger charge is 2.23. The monoisotopic (exact) mass is 403 g/mol. The maximum absolute atomic E-state index is 12.7. The summed E-state index contributed by atoms with van der Waals surface area (Å²) in [5.41, 5.74) is 0.928. The van der Waals surface area contributed by atoms with Crippen molar-refractivity contribution in [2.24, 2.45) is 0 Å². The van der Waals surface area contributed by atoms with E-state index in [1.165, 1.54) is 23.5 Å². The Morgan fingerprint density at radius 2 is 1.68 bits per heavy atom. The number of methoxy groups -OCH3 is 2. The second kappa shape index (κ2) is 8.27. The summed E-state index contributed by atoms with van der Waals surface area (Å²) in [5, 5.41) is 0.457. The topological polar surface area (TPSA) is 55.8 Å². The van der Waals surface area contributed by atoms with Gasteiger partial charge in [0, 0.05) is 18.6 Å². The van der Waals surface area contributed by atoms with Crippen molar-refractivity contribution >= 4 is 33.2 Å². The average Bonchev–Trinajstić information content (AvgIpc) is 2.61. The van der Waals surface area contributed by atoms with Gasteiger partial charge in [-0.05, 0) is 42.3 Å². The van der Waals surface area contributed by atoms with E-state index >= 15 is 0 Å². The summed E-state index contributed by atoms with van der Waals surface area (Å²) < 4.78 is 37.1. The first kappa shape index (κ1) is 19.8. The first-order valence-electron chi connectivity index (χ1n) is 7.42. The molecule has 8 heteroatoms. The fourth-order valence-electron chi connectivity index (χ4n) is 2.29. The minimum atomic E-state index is -3.73. The molecule has 0 radical (unpaired) electrons. The van der Waals surface area contributed by atoms with Crippen molar-refractivity contribution in [3.05, 3.63) is 52.0 Å². The fraction of sp³-hybridized carbons (Fsp3) is 0.294. The van der Waals surface area contributed by atoms with E-state index in [2.05, 4.69) is 0 Å². The molecule has 0 amide bonds. The fourth-order valence-corrected chi connectivity index (χ4v) is 4.19. The number of hydrogen-bond donors (Lipinski definition) is 0. The van der Waals surface area contributed by atoms with Crippen LogP contribution in [0, 0.1) is 0 Å². The molecule has 0 saturated heterocycles. The summed E-state index contributed by atoms with van der Waals surface area (Å²) in [6.45, 7) is 0.278. The zero-order valence-corrected chi connectivity index (χ0v) is 16.5. The number of benzene rings is 2. The predicted molar refractivity (Wildman–Crippen MR) is 99.5 cm³/mol. The Kier molecular flexibility index (Phi) is 6.57. The molecule has 25 heavy (non-hydrogen) atoms. The summed E-state index contributed by atoms with van der Waals surface area (Å²) in [7, 11) is 0.894. The number of hydrogen-bond acceptors (Lipinski definition) is 4. The van der Waals surface area contributed by atoms with Gasteiger partial charge in [-0.1, -0.05) is 29.3 Å². The van der Waals surface area contributed by atoms with Gasteiger partial charge in [-0.2, -0.15) is 0 Å². The Labute approximate surface area is 158 Å². The van der Waals surface area contributed by atoms with Gasteiger partial charge in [0.05, 0.1) is 19.2 Å². The van der Waals surface area contributed by atoms with Gasteiger partial charge in [-0.25, -0.2) is 12.7 Å². The van der Waals surface area contributed by atoms with E-state index in [9.17, 15) is 8.42 Å². The van der Waals surface area contributed by atoms with Gasteiger partial charge in [0.25, 0.3) is 0 Å². The van der Waals surface area contributed by atoms with E-state index in [0.29, 0.717) is 22.9 Å². The lowest BCUT2D eigenvalue weighted by Gasteiger charge is -2.18. The normalized spacial score (nSPS) is 11.6. The van der Waals surface area contributed by atoms with Gasteiger partial charge >= 0.3 is 0 Å². The molecule has 0 atom stereocenters. The molecule has 0 aromatic heterocycles. The van der Waals surface area contributed by atoms with E-state index < -0.39 is 10.0 Å². The van der Waals surface area contributed by atoms with Crippen LogP contribution in [0.2, 0.25) is 10.0 Å². The number of sulfonamides is 1. The van der Waals surface area contributed by atoms with E-state index in [1.54, 1.807) is 26.4 Å². The lowest BCUT2D eigenvalue weighted by molar-refractivity contribution is 0.354. The molecule has 0 aliphatic rings. The molecule has 2 aromatic rings. The number of likely N-dealkylation sites (N-methyl/N-ethyl adjacent to an activating group) is 1. The molecule has 0 bridgehead atoms. The summed E-state index contributed by atoms with van der Waals surface area (Å²) in [6, 6.07) is 9.86. The summed E-state index contributed by atoms with van der Waals surface area (Å²) >= 11 is 11.9. The Balaban J connectivity index is 2.16. The molecule has 0 unspecified atom stereocenters. The highest BCUT2D eigenvalue weighted by molar-refractivity contribution is 7.89. The van der Waals surface area contributed by atoms with Crippen molar-refractivity contribution in [2.75, 3.05) is 27.8 Å². The summed E-state index contributed by atoms with van der Waals surface area (Å²) in [5.74, 6) is 1.22. The number of halogens is 2. The second-order valence-corrected chi connectivity index (χ2v) is 8.20. The lowest BCUT2D eigenvalue weighted by Crippen LogP contribution is -2.29. The molecule has 0 fully saturated rings. The van der Waals surface area contributed by atoms with E-state index in [4.69, 9.17) is 32.7 Å². The predicted octanol–water partition coefficient (Wildman–Crippen LogP) is 3.87. The van der Waals surface area contributed by atoms with E-state index in [-0.39, 0.29) is 16.5 Å². The number of rotatable bonds is 7. The van der Waals surface area contributed by atoms with Gasteiger partial charge < -0.3 is 9.47 Å². The third-order valence-electron chi connectivity index (χ3n) is 3.74. The van der Waals surface area contributed by atoms with Crippen LogP contribution >= 0.6 is 23.2 Å². The smallest absolute Gasteiger partial charge is 0.244 e. The largest absolute Gasteiger partial charge is 0.493 e. The molecule has 0 saturated carbocycles. The SMILES string of the molecule is COc1ccc(CCN(C)S(=O)(=O)c2cc(Cl)ccc2Cl)cc1OC. The van der Waals surface area contributed by atoms with Crippen molar-refractivity contribution in [3.63, 3.8) is 0 Å². The van der Waals surface area contributed by atoms with Crippen LogP contribution < -0.4 is 9.47 Å². The van der Waals surface area contributed by atoms with Crippen LogP contribution in [0.3, 0.4) is 0 Å². The average molecular weight is 404 g/mol. The van der Waals surface area contributed by atoms with Crippen LogP contribution in [0.25, 0.3) is 0 Å². The van der Waals surface area contributed by atoms with Crippen LogP contribution in [0.4, 0.5) is 0 Å². The molecule has 0 spiro atoms. The van der Waals surface area contributed by atoms with Crippen LogP contribution in [0.1, 0.15) is 5.56 Å². The zero-order chi connectivity index (χ0) is 18.6. The van der Waals surface area contributed by atoms with Crippen molar-refractivity contribution in [1.29, 1.82) is 0 Å². The Bertz CT molecular complexity index is 856. The van der Waals surface area contributed by atoms with Gasteiger partial charge in [-0.3, -0.25) is 0 Å². The van der Waals surface area contributed by atoms with Gasteiger partial charge in [0.15, 0.2) is 11.5 Å². The third kappa shape index (κ3) is 4.58. The molecule has 5 nitrogen and oxygen atoms in total. The quantitative estimate of drug-likeness (QED) is 0.703. The molecule has 0 aliphatic heterocycles. The first-order chi connectivity index (χ1) is 11.8. The van der Waals surface area contributed by atoms with Crippen molar-refractivity contribution in [1.82, 2.24) is 4.31 Å². The summed E-state index contributed by atoms with van der Waals surface area (Å²) in [4.78, 5) is -0.00326. The number of nitrogens with zero attached hydrogens (tertiary/aromatic N) is 1. The van der Waals surface area contributed by atoms with Crippen LogP contribution in [-0.2, 0) is 16.4 Å². The van der Waals surface area contributed by atoms with Gasteiger partial charge in [0.1, 0.15) is 4.90 Å². The zero-order valence-electron chi connectivity index (χ0n) is 14.1. The Morgan fingerprint density at radius 1 is 1.00 bits per heavy atom. The molecule has 0 aliphatic carbocycles. The highest BCUT2D eigenvalue weighted by Crippen LogP contribution is 2.29. The van der Waals surface area contributed by atoms with Gasteiger partial charge in [-0.15, -0.1) is 0 Å². The lowest BCUT2D eigenvalue weighted by atomic mass is 10.1. The molecule has 0 heterocycles. The molecular formula is C17H19Cl2NO4S. The summed E-state index contributed by atoms with van der Waals surface area (Å²) in [6.07, 6.45) is 0.508. The highest BCUT2D eigenvalue weighted by atomic mass is 35.5. The van der Waals surface area contributed by atoms with E-state index in [0.717, 1.165) is 5.56 Å². The molecule has 0 N–H and O–H groups in total. The van der Waals surface area contributed by atoms with Crippen LogP contribution in [0.15, 0.2) is 41.3 Å². The van der Waals surface area contributed by atoms with Gasteiger partial charge in [0.2, 0.25) is 10.0 Å². The maximum Gasteiger partial charge on any atom is 0.244 e. The molecule has 136 valence electrons. The van der Waals surface area contributed by atoms with Crippen molar-refractivity contribution in [2.45, 2.75) is 11.3 Å². The van der Waals surface area contributed by atoms with Crippen LogP contribution in [0.5, 0.6) is 11.5 Å². The molecule has 2 rings (SSSR count). The standard InChI is InChI=1S/C17H19Cl2NO4S/c1-20(25(21,22)17-11-13(18)5-6-14(17)19)9-8-12-4-7-15(23-2)16(10-12)24-3/h4-7,10-11H,8-9H2,1-3H3. The van der Waals surface area contributed by atoms with E-state index in [1.807, 2.05) is 12.1 Å². The van der Waals surface area contributed by atoms with Crippen molar-refractivity contribution in [3.8, 4) is 11.5 Å². The van der Waals surface area contributed by atoms with Crippen LogP contribution in [-0.4, -0.2) is 40.5 Å². The minimum Gasteiger partial charge on any atom is -0.493 e. The molecule has 2 aromatic carbocycles. The Morgan fingerprint density at radius 3 is 2.32 bits per heavy atom. The van der Waals surface area contributed by atoms with Crippen molar-refractivity contribution < 1.29 is 17.9 Å².